The number of ketones is 1. The van der Waals surface area contributed by atoms with E-state index < -0.39 is 22.5 Å². The van der Waals surface area contributed by atoms with Crippen LogP contribution in [0.15, 0.2) is 24.4 Å². The zero-order valence-electron chi connectivity index (χ0n) is 12.7. The molecule has 0 amide bonds. The van der Waals surface area contributed by atoms with E-state index in [1.807, 2.05) is 0 Å². The molecule has 0 fully saturated rings. The maximum Gasteiger partial charge on any atom is 0.194 e. The van der Waals surface area contributed by atoms with Gasteiger partial charge in [-0.2, -0.15) is 0 Å². The minimum absolute atomic E-state index is 0.0310. The zero-order chi connectivity index (χ0) is 18.5. The van der Waals surface area contributed by atoms with Crippen LogP contribution in [0.25, 0.3) is 10.9 Å². The van der Waals surface area contributed by atoms with E-state index in [-0.39, 0.29) is 32.8 Å². The SMILES string of the molecule is [B]c1c([B])c(C(=O)c2c(Cl)cnc3cc(O)ccc23)c([B])c([B])c1F. The molecule has 1 aromatic heterocycles. The monoisotopic (exact) mass is 341 g/mol. The molecular formula is C16H5B4ClFNO2. The van der Waals surface area contributed by atoms with E-state index in [0.717, 1.165) is 0 Å². The average molecular weight is 341 g/mol. The highest BCUT2D eigenvalue weighted by atomic mass is 35.5. The zero-order valence-corrected chi connectivity index (χ0v) is 13.4. The van der Waals surface area contributed by atoms with Gasteiger partial charge >= 0.3 is 0 Å². The highest BCUT2D eigenvalue weighted by Crippen LogP contribution is 2.28. The van der Waals surface area contributed by atoms with E-state index in [9.17, 15) is 14.3 Å². The fraction of sp³-hybridized carbons (Fsp3) is 0. The van der Waals surface area contributed by atoms with Crippen LogP contribution >= 0.6 is 11.6 Å². The van der Waals surface area contributed by atoms with Crippen LogP contribution in [0.2, 0.25) is 5.02 Å². The van der Waals surface area contributed by atoms with Crippen molar-refractivity contribution < 1.29 is 14.3 Å². The molecule has 0 bridgehead atoms. The second kappa shape index (κ2) is 6.26. The molecule has 1 heterocycles. The summed E-state index contributed by atoms with van der Waals surface area (Å²) in [4.78, 5) is 17.1. The van der Waals surface area contributed by atoms with Crippen LogP contribution in [0.3, 0.4) is 0 Å². The molecule has 112 valence electrons. The topological polar surface area (TPSA) is 50.2 Å². The molecule has 0 atom stereocenters. The van der Waals surface area contributed by atoms with Crippen molar-refractivity contribution in [3.05, 3.63) is 46.4 Å². The van der Waals surface area contributed by atoms with Crippen molar-refractivity contribution in [2.24, 2.45) is 0 Å². The van der Waals surface area contributed by atoms with Gasteiger partial charge in [0, 0.05) is 23.2 Å². The van der Waals surface area contributed by atoms with E-state index in [0.29, 0.717) is 10.9 Å². The highest BCUT2D eigenvalue weighted by Gasteiger charge is 2.23. The first-order valence-electron chi connectivity index (χ1n) is 6.97. The number of carbonyl (C=O) groups is 1. The van der Waals surface area contributed by atoms with E-state index in [1.165, 1.54) is 24.4 Å². The van der Waals surface area contributed by atoms with Crippen molar-refractivity contribution >= 4 is 81.5 Å². The van der Waals surface area contributed by atoms with Crippen LogP contribution in [-0.2, 0) is 0 Å². The van der Waals surface area contributed by atoms with Crippen molar-refractivity contribution in [3.63, 3.8) is 0 Å². The standard InChI is InChI=1S/C16H5B4ClFNO2/c17-11-10(12(18)14(20)15(22)13(11)19)16(25)9-6-2-1-5(24)3-8(6)23-4-7(9)21/h1-4,24H. The summed E-state index contributed by atoms with van der Waals surface area (Å²) in [6.45, 7) is 0. The Morgan fingerprint density at radius 1 is 1.04 bits per heavy atom. The molecule has 0 saturated heterocycles. The third-order valence-corrected chi connectivity index (χ3v) is 4.14. The maximum atomic E-state index is 13.9. The molecule has 3 rings (SSSR count). The van der Waals surface area contributed by atoms with E-state index >= 15 is 0 Å². The third kappa shape index (κ3) is 2.74. The van der Waals surface area contributed by atoms with Crippen LogP contribution in [-0.4, -0.2) is 47.3 Å². The molecular weight excluding hydrogens is 336 g/mol. The minimum atomic E-state index is -0.984. The molecule has 3 aromatic rings. The van der Waals surface area contributed by atoms with Crippen molar-refractivity contribution in [2.45, 2.75) is 0 Å². The lowest BCUT2D eigenvalue weighted by molar-refractivity contribution is 0.104. The number of halogens is 2. The van der Waals surface area contributed by atoms with E-state index in [2.05, 4.69) is 4.98 Å². The first kappa shape index (κ1) is 17.6. The molecule has 1 N–H and O–H groups in total. The van der Waals surface area contributed by atoms with Gasteiger partial charge in [-0.15, -0.1) is 0 Å². The van der Waals surface area contributed by atoms with Crippen LogP contribution in [0.4, 0.5) is 4.39 Å². The second-order valence-electron chi connectivity index (χ2n) is 5.36. The Balaban J connectivity index is 2.35. The van der Waals surface area contributed by atoms with Gasteiger partial charge in [-0.05, 0) is 12.1 Å². The van der Waals surface area contributed by atoms with Crippen molar-refractivity contribution in [1.82, 2.24) is 4.98 Å². The lowest BCUT2D eigenvalue weighted by Gasteiger charge is -2.18. The summed E-state index contributed by atoms with van der Waals surface area (Å²) in [5.74, 6) is -1.70. The molecule has 2 aromatic carbocycles. The number of phenols is 1. The molecule has 0 spiro atoms. The Hall–Kier alpha value is -2.20. The van der Waals surface area contributed by atoms with Crippen LogP contribution < -0.4 is 21.9 Å². The van der Waals surface area contributed by atoms with Gasteiger partial charge in [-0.25, -0.2) is 4.39 Å². The Labute approximate surface area is 153 Å². The van der Waals surface area contributed by atoms with Gasteiger partial charge in [0.25, 0.3) is 0 Å². The normalized spacial score (nSPS) is 11.0. The summed E-state index contributed by atoms with van der Waals surface area (Å²) in [6.07, 6.45) is 1.25. The molecule has 8 radical (unpaired) electrons. The van der Waals surface area contributed by atoms with Gasteiger partial charge < -0.3 is 5.11 Å². The van der Waals surface area contributed by atoms with Gasteiger partial charge in [0.15, 0.2) is 5.78 Å². The first-order chi connectivity index (χ1) is 11.7. The third-order valence-electron chi connectivity index (χ3n) is 3.85. The summed E-state index contributed by atoms with van der Waals surface area (Å²) in [5.41, 5.74) is -1.46. The lowest BCUT2D eigenvalue weighted by Crippen LogP contribution is -2.49. The summed E-state index contributed by atoms with van der Waals surface area (Å²) in [6, 6.07) is 4.21. The second-order valence-corrected chi connectivity index (χ2v) is 5.76. The van der Waals surface area contributed by atoms with E-state index in [4.69, 9.17) is 43.0 Å². The summed E-state index contributed by atoms with van der Waals surface area (Å²) in [7, 11) is 22.7. The van der Waals surface area contributed by atoms with Gasteiger partial charge in [0.05, 0.1) is 16.1 Å². The molecule has 0 aliphatic carbocycles. The Kier molecular flexibility index (Phi) is 4.41. The Bertz CT molecular complexity index is 1030. The lowest BCUT2D eigenvalue weighted by atomic mass is 9.65. The molecule has 0 aliphatic rings. The number of rotatable bonds is 2. The number of fused-ring (bicyclic) bond motifs is 1. The van der Waals surface area contributed by atoms with Crippen molar-refractivity contribution in [2.75, 3.05) is 0 Å². The fourth-order valence-electron chi connectivity index (χ4n) is 2.55. The van der Waals surface area contributed by atoms with Crippen molar-refractivity contribution in [1.29, 1.82) is 0 Å². The molecule has 25 heavy (non-hydrogen) atoms. The number of aromatic hydroxyl groups is 1. The number of pyridine rings is 1. The van der Waals surface area contributed by atoms with Crippen molar-refractivity contribution in [3.8, 4) is 5.75 Å². The highest BCUT2D eigenvalue weighted by molar-refractivity contribution is 6.60. The number of aromatic nitrogens is 1. The quantitative estimate of drug-likeness (QED) is 0.488. The predicted molar refractivity (Wildman–Crippen MR) is 99.8 cm³/mol. The number of hydrogen-bond acceptors (Lipinski definition) is 3. The molecule has 0 aliphatic heterocycles. The summed E-state index contributed by atoms with van der Waals surface area (Å²) in [5, 5.41) is 9.95. The van der Waals surface area contributed by atoms with E-state index in [1.54, 1.807) is 0 Å². The van der Waals surface area contributed by atoms with Gasteiger partial charge in [-0.1, -0.05) is 33.5 Å². The smallest absolute Gasteiger partial charge is 0.194 e. The molecule has 0 unspecified atom stereocenters. The van der Waals surface area contributed by atoms with Crippen LogP contribution in [0.1, 0.15) is 15.9 Å². The average Bonchev–Trinajstić information content (AvgIpc) is 2.58. The van der Waals surface area contributed by atoms with Gasteiger partial charge in [-0.3, -0.25) is 9.78 Å². The van der Waals surface area contributed by atoms with Gasteiger partial charge in [0.1, 0.15) is 43.0 Å². The maximum absolute atomic E-state index is 13.9. The first-order valence-corrected chi connectivity index (χ1v) is 7.35. The number of benzene rings is 2. The Morgan fingerprint density at radius 2 is 1.64 bits per heavy atom. The number of nitrogens with zero attached hydrogens (tertiary/aromatic N) is 1. The molecule has 9 heteroatoms. The predicted octanol–water partition coefficient (Wildman–Crippen LogP) is -0.861. The summed E-state index contributed by atoms with van der Waals surface area (Å²) >= 11 is 6.14. The molecule has 0 saturated carbocycles. The van der Waals surface area contributed by atoms with Gasteiger partial charge in [0.2, 0.25) is 0 Å². The molecule has 3 nitrogen and oxygen atoms in total. The number of hydrogen-bond donors (Lipinski definition) is 1. The number of carbonyl (C=O) groups excluding carboxylic acids is 1. The largest absolute Gasteiger partial charge is 0.508 e. The number of phenolic OH excluding ortho intramolecular Hbond substituents is 1. The summed E-state index contributed by atoms with van der Waals surface area (Å²) < 4.78 is 13.9. The fourth-order valence-corrected chi connectivity index (χ4v) is 2.79. The van der Waals surface area contributed by atoms with Crippen LogP contribution in [0.5, 0.6) is 5.75 Å². The Morgan fingerprint density at radius 3 is 2.24 bits per heavy atom. The van der Waals surface area contributed by atoms with Crippen LogP contribution in [0, 0.1) is 5.82 Å². The minimum Gasteiger partial charge on any atom is -0.508 e.